The normalized spacial score (nSPS) is 12.9. The molecule has 17 heavy (non-hydrogen) atoms. The highest BCUT2D eigenvalue weighted by molar-refractivity contribution is 9.11. The topological polar surface area (TPSA) is 55.9 Å². The monoisotopic (exact) mass is 314 g/mol. The second kappa shape index (κ2) is 5.30. The molecule has 0 aromatic carbocycles. The Kier molecular flexibility index (Phi) is 3.98. The van der Waals surface area contributed by atoms with Gasteiger partial charge >= 0.3 is 0 Å². The number of hydrogen-bond acceptors (Lipinski definition) is 4. The van der Waals surface area contributed by atoms with Gasteiger partial charge in [0.05, 0.1) is 16.0 Å². The van der Waals surface area contributed by atoms with Crippen LogP contribution in [0.25, 0.3) is 0 Å². The Labute approximate surface area is 113 Å². The summed E-state index contributed by atoms with van der Waals surface area (Å²) in [5, 5.41) is 4.25. The van der Waals surface area contributed by atoms with Gasteiger partial charge in [-0.25, -0.2) is 0 Å². The first-order valence-electron chi connectivity index (χ1n) is 5.30. The molecular weight excluding hydrogens is 300 g/mol. The van der Waals surface area contributed by atoms with Gasteiger partial charge in [-0.05, 0) is 35.0 Å². The van der Waals surface area contributed by atoms with Crippen molar-refractivity contribution in [3.63, 3.8) is 0 Å². The van der Waals surface area contributed by atoms with Crippen molar-refractivity contribution in [2.24, 2.45) is 12.9 Å². The number of rotatable bonds is 4. The number of aromatic nitrogens is 2. The van der Waals surface area contributed by atoms with E-state index in [0.717, 1.165) is 21.5 Å². The molecule has 0 bridgehead atoms. The van der Waals surface area contributed by atoms with Crippen molar-refractivity contribution in [1.29, 1.82) is 0 Å². The summed E-state index contributed by atoms with van der Waals surface area (Å²) < 4.78 is 3.01. The first kappa shape index (κ1) is 12.8. The smallest absolute Gasteiger partial charge is 0.0701 e. The summed E-state index contributed by atoms with van der Waals surface area (Å²) in [6.45, 7) is 2.05. The summed E-state index contributed by atoms with van der Waals surface area (Å²) in [5.74, 6) is 5.64. The minimum atomic E-state index is 0.106. The van der Waals surface area contributed by atoms with Crippen LogP contribution < -0.4 is 11.3 Å². The third kappa shape index (κ3) is 2.77. The minimum absolute atomic E-state index is 0.106. The van der Waals surface area contributed by atoms with Crippen LogP contribution in [0.15, 0.2) is 22.1 Å². The van der Waals surface area contributed by atoms with Gasteiger partial charge in [0.25, 0.3) is 0 Å². The molecule has 4 nitrogen and oxygen atoms in total. The molecule has 1 unspecified atom stereocenters. The van der Waals surface area contributed by atoms with E-state index in [4.69, 9.17) is 5.84 Å². The second-order valence-electron chi connectivity index (χ2n) is 3.94. The third-order valence-corrected chi connectivity index (χ3v) is 4.53. The van der Waals surface area contributed by atoms with Crippen LogP contribution >= 0.6 is 27.3 Å². The molecule has 0 saturated heterocycles. The van der Waals surface area contributed by atoms with Crippen molar-refractivity contribution in [2.45, 2.75) is 19.4 Å². The number of hydrogen-bond donors (Lipinski definition) is 2. The molecule has 0 aliphatic heterocycles. The van der Waals surface area contributed by atoms with Crippen molar-refractivity contribution in [1.82, 2.24) is 15.2 Å². The number of nitrogens with one attached hydrogen (secondary N) is 1. The van der Waals surface area contributed by atoms with Crippen molar-refractivity contribution >= 4 is 27.3 Å². The van der Waals surface area contributed by atoms with Crippen LogP contribution in [0.2, 0.25) is 0 Å². The molecule has 0 radical (unpaired) electrons. The Hall–Kier alpha value is -0.690. The summed E-state index contributed by atoms with van der Waals surface area (Å²) in [7, 11) is 1.94. The lowest BCUT2D eigenvalue weighted by Gasteiger charge is -2.14. The van der Waals surface area contributed by atoms with Crippen molar-refractivity contribution in [2.75, 3.05) is 0 Å². The van der Waals surface area contributed by atoms with Crippen LogP contribution in [0, 0.1) is 6.92 Å². The average Bonchev–Trinajstić information content (AvgIpc) is 2.85. The van der Waals surface area contributed by atoms with E-state index < -0.39 is 0 Å². The van der Waals surface area contributed by atoms with Gasteiger partial charge in [0.15, 0.2) is 0 Å². The van der Waals surface area contributed by atoms with Crippen LogP contribution in [-0.2, 0) is 13.5 Å². The molecule has 2 aromatic rings. The van der Waals surface area contributed by atoms with E-state index in [2.05, 4.69) is 45.5 Å². The van der Waals surface area contributed by atoms with Crippen LogP contribution in [-0.4, -0.2) is 9.78 Å². The predicted octanol–water partition coefficient (Wildman–Crippen LogP) is 2.30. The number of hydrazine groups is 1. The first-order chi connectivity index (χ1) is 8.11. The van der Waals surface area contributed by atoms with Gasteiger partial charge in [-0.3, -0.25) is 16.0 Å². The van der Waals surface area contributed by atoms with Gasteiger partial charge in [-0.15, -0.1) is 11.3 Å². The second-order valence-corrected chi connectivity index (χ2v) is 6.49. The lowest BCUT2D eigenvalue weighted by molar-refractivity contribution is 0.551. The quantitative estimate of drug-likeness (QED) is 0.672. The van der Waals surface area contributed by atoms with Gasteiger partial charge in [0, 0.05) is 29.6 Å². The molecule has 0 aliphatic carbocycles. The molecule has 2 rings (SSSR count). The molecule has 2 heterocycles. The fraction of sp³-hybridized carbons (Fsp3) is 0.364. The van der Waals surface area contributed by atoms with E-state index in [1.54, 1.807) is 11.3 Å². The zero-order valence-corrected chi connectivity index (χ0v) is 12.2. The molecule has 92 valence electrons. The number of halogens is 1. The SMILES string of the molecule is Cc1c(C(Cc2ccc(Br)s2)NN)cnn1C. The fourth-order valence-corrected chi connectivity index (χ4v) is 3.31. The molecule has 2 aromatic heterocycles. The molecule has 0 saturated carbocycles. The zero-order chi connectivity index (χ0) is 12.4. The standard InChI is InChI=1S/C11H15BrN4S/c1-7-9(6-14-16(7)2)10(15-13)5-8-3-4-11(12)17-8/h3-4,6,10,15H,5,13H2,1-2H3. The predicted molar refractivity (Wildman–Crippen MR) is 73.7 cm³/mol. The molecule has 0 amide bonds. The Morgan fingerprint density at radius 2 is 2.35 bits per heavy atom. The lowest BCUT2D eigenvalue weighted by atomic mass is 10.0. The van der Waals surface area contributed by atoms with Crippen molar-refractivity contribution < 1.29 is 0 Å². The zero-order valence-electron chi connectivity index (χ0n) is 9.77. The van der Waals surface area contributed by atoms with E-state index in [1.165, 1.54) is 4.88 Å². The largest absolute Gasteiger partial charge is 0.273 e. The van der Waals surface area contributed by atoms with Crippen molar-refractivity contribution in [3.05, 3.63) is 38.3 Å². The maximum Gasteiger partial charge on any atom is 0.0701 e. The van der Waals surface area contributed by atoms with Gasteiger partial charge in [0.1, 0.15) is 0 Å². The van der Waals surface area contributed by atoms with Crippen molar-refractivity contribution in [3.8, 4) is 0 Å². The maximum atomic E-state index is 5.64. The minimum Gasteiger partial charge on any atom is -0.273 e. The highest BCUT2D eigenvalue weighted by Gasteiger charge is 2.16. The summed E-state index contributed by atoms with van der Waals surface area (Å²) in [6.07, 6.45) is 2.75. The summed E-state index contributed by atoms with van der Waals surface area (Å²) in [4.78, 5) is 1.29. The fourth-order valence-electron chi connectivity index (χ4n) is 1.78. The highest BCUT2D eigenvalue weighted by Crippen LogP contribution is 2.27. The van der Waals surface area contributed by atoms with Gasteiger partial charge < -0.3 is 0 Å². The molecule has 0 aliphatic rings. The first-order valence-corrected chi connectivity index (χ1v) is 6.91. The Bertz CT molecular complexity index is 505. The van der Waals surface area contributed by atoms with Crippen LogP contribution in [0.5, 0.6) is 0 Å². The molecular formula is C11H15BrN4S. The van der Waals surface area contributed by atoms with E-state index in [0.29, 0.717) is 0 Å². The van der Waals surface area contributed by atoms with E-state index >= 15 is 0 Å². The summed E-state index contributed by atoms with van der Waals surface area (Å²) in [5.41, 5.74) is 5.16. The summed E-state index contributed by atoms with van der Waals surface area (Å²) >= 11 is 5.20. The number of thiophene rings is 1. The number of nitrogens with zero attached hydrogens (tertiary/aromatic N) is 2. The molecule has 0 fully saturated rings. The number of aryl methyl sites for hydroxylation is 1. The Morgan fingerprint density at radius 3 is 2.82 bits per heavy atom. The van der Waals surface area contributed by atoms with Gasteiger partial charge in [-0.1, -0.05) is 0 Å². The molecule has 6 heteroatoms. The summed E-state index contributed by atoms with van der Waals surface area (Å²) in [6, 6.07) is 4.28. The highest BCUT2D eigenvalue weighted by atomic mass is 79.9. The third-order valence-electron chi connectivity index (χ3n) is 2.88. The Balaban J connectivity index is 2.19. The van der Waals surface area contributed by atoms with E-state index in [9.17, 15) is 0 Å². The maximum absolute atomic E-state index is 5.64. The van der Waals surface area contributed by atoms with Crippen LogP contribution in [0.4, 0.5) is 0 Å². The van der Waals surface area contributed by atoms with Crippen LogP contribution in [0.1, 0.15) is 22.2 Å². The van der Waals surface area contributed by atoms with Gasteiger partial charge in [-0.2, -0.15) is 5.10 Å². The lowest BCUT2D eigenvalue weighted by Crippen LogP contribution is -2.29. The average molecular weight is 315 g/mol. The van der Waals surface area contributed by atoms with E-state index in [1.807, 2.05) is 17.9 Å². The number of nitrogens with two attached hydrogens (primary N) is 1. The Morgan fingerprint density at radius 1 is 1.59 bits per heavy atom. The molecule has 0 spiro atoms. The molecule has 3 N–H and O–H groups in total. The van der Waals surface area contributed by atoms with E-state index in [-0.39, 0.29) is 6.04 Å². The van der Waals surface area contributed by atoms with Gasteiger partial charge in [0.2, 0.25) is 0 Å². The molecule has 1 atom stereocenters. The van der Waals surface area contributed by atoms with Crippen LogP contribution in [0.3, 0.4) is 0 Å².